The van der Waals surface area contributed by atoms with Crippen molar-refractivity contribution in [2.24, 2.45) is 5.16 Å². The summed E-state index contributed by atoms with van der Waals surface area (Å²) < 4.78 is 19.2. The number of hydrogen-bond acceptors (Lipinski definition) is 3. The van der Waals surface area contributed by atoms with Crippen molar-refractivity contribution in [2.75, 3.05) is 0 Å². The van der Waals surface area contributed by atoms with Crippen molar-refractivity contribution >= 4 is 17.3 Å². The Hall–Kier alpha value is -1.13. The minimum absolute atomic E-state index is 0.0752. The largest absolute Gasteiger partial charge is 0.411 e. The van der Waals surface area contributed by atoms with Crippen LogP contribution in [-0.4, -0.2) is 17.0 Å². The predicted octanol–water partition coefficient (Wildman–Crippen LogP) is 3.77. The van der Waals surface area contributed by atoms with Crippen LogP contribution in [0.1, 0.15) is 31.2 Å². The van der Waals surface area contributed by atoms with Crippen molar-refractivity contribution in [3.8, 4) is 0 Å². The van der Waals surface area contributed by atoms with E-state index in [0.717, 1.165) is 31.4 Å². The first kappa shape index (κ1) is 13.3. The van der Waals surface area contributed by atoms with Crippen LogP contribution in [0.15, 0.2) is 23.4 Å². The molecule has 0 bridgehead atoms. The lowest BCUT2D eigenvalue weighted by Crippen LogP contribution is -2.21. The van der Waals surface area contributed by atoms with Gasteiger partial charge in [0.1, 0.15) is 5.82 Å². The smallest absolute Gasteiger partial charge is 0.130 e. The van der Waals surface area contributed by atoms with Crippen molar-refractivity contribution in [3.05, 3.63) is 34.6 Å². The van der Waals surface area contributed by atoms with Gasteiger partial charge in [-0.3, -0.25) is 0 Å². The van der Waals surface area contributed by atoms with Crippen LogP contribution >= 0.6 is 11.6 Å². The zero-order chi connectivity index (χ0) is 13.0. The Morgan fingerprint density at radius 3 is 2.72 bits per heavy atom. The lowest BCUT2D eigenvalue weighted by atomic mass is 9.96. The van der Waals surface area contributed by atoms with Gasteiger partial charge in [-0.15, -0.1) is 0 Å². The molecule has 0 aromatic heterocycles. The maximum atomic E-state index is 13.5. The van der Waals surface area contributed by atoms with Crippen LogP contribution < -0.4 is 0 Å². The van der Waals surface area contributed by atoms with Gasteiger partial charge >= 0.3 is 0 Å². The molecule has 0 radical (unpaired) electrons. The molecule has 1 saturated carbocycles. The molecule has 1 aromatic rings. The quantitative estimate of drug-likeness (QED) is 0.672. The highest BCUT2D eigenvalue weighted by atomic mass is 35.5. The van der Waals surface area contributed by atoms with Gasteiger partial charge in [-0.05, 0) is 37.8 Å². The summed E-state index contributed by atoms with van der Waals surface area (Å²) >= 11 is 5.92. The fourth-order valence-corrected chi connectivity index (χ4v) is 2.28. The Balaban J connectivity index is 1.89. The van der Waals surface area contributed by atoms with E-state index in [0.29, 0.717) is 10.6 Å². The van der Waals surface area contributed by atoms with E-state index in [-0.39, 0.29) is 18.5 Å². The Morgan fingerprint density at radius 2 is 2.11 bits per heavy atom. The molecule has 0 unspecified atom stereocenters. The normalized spacial score (nSPS) is 19.9. The van der Waals surface area contributed by atoms with Gasteiger partial charge in [-0.25, -0.2) is 4.39 Å². The van der Waals surface area contributed by atoms with E-state index in [4.69, 9.17) is 21.5 Å². The third-order valence-corrected chi connectivity index (χ3v) is 3.53. The minimum atomic E-state index is -0.337. The van der Waals surface area contributed by atoms with Gasteiger partial charge in [0, 0.05) is 10.6 Å². The number of benzene rings is 1. The SMILES string of the molecule is ON=C1CCC(OCc2c(F)cccc2Cl)CC1. The summed E-state index contributed by atoms with van der Waals surface area (Å²) in [4.78, 5) is 0. The minimum Gasteiger partial charge on any atom is -0.411 e. The van der Waals surface area contributed by atoms with Crippen LogP contribution in [0.3, 0.4) is 0 Å². The monoisotopic (exact) mass is 271 g/mol. The van der Waals surface area contributed by atoms with Crippen LogP contribution in [0, 0.1) is 5.82 Å². The van der Waals surface area contributed by atoms with E-state index in [9.17, 15) is 4.39 Å². The lowest BCUT2D eigenvalue weighted by molar-refractivity contribution is 0.0264. The molecule has 3 nitrogen and oxygen atoms in total. The van der Waals surface area contributed by atoms with Crippen LogP contribution in [0.2, 0.25) is 5.02 Å². The van der Waals surface area contributed by atoms with E-state index in [1.54, 1.807) is 12.1 Å². The van der Waals surface area contributed by atoms with E-state index >= 15 is 0 Å². The fraction of sp³-hybridized carbons (Fsp3) is 0.462. The Bertz CT molecular complexity index is 420. The lowest BCUT2D eigenvalue weighted by Gasteiger charge is -2.23. The van der Waals surface area contributed by atoms with E-state index in [1.165, 1.54) is 6.07 Å². The third-order valence-electron chi connectivity index (χ3n) is 3.18. The highest BCUT2D eigenvalue weighted by Crippen LogP contribution is 2.24. The maximum Gasteiger partial charge on any atom is 0.130 e. The molecular formula is C13H15ClFNO2. The standard InChI is InChI=1S/C13H15ClFNO2/c14-12-2-1-3-13(15)11(12)8-18-10-6-4-9(16-17)5-7-10/h1-3,10,17H,4-8H2. The summed E-state index contributed by atoms with van der Waals surface area (Å²) in [6.45, 7) is 0.182. The fourth-order valence-electron chi connectivity index (χ4n) is 2.06. The molecule has 1 aliphatic rings. The van der Waals surface area contributed by atoms with Gasteiger partial charge in [0.2, 0.25) is 0 Å². The summed E-state index contributed by atoms with van der Waals surface area (Å²) in [5.74, 6) is -0.337. The second-order valence-electron chi connectivity index (χ2n) is 4.38. The summed E-state index contributed by atoms with van der Waals surface area (Å²) in [6.07, 6.45) is 3.13. The first-order valence-electron chi connectivity index (χ1n) is 5.95. The number of oxime groups is 1. The summed E-state index contributed by atoms with van der Waals surface area (Å²) in [7, 11) is 0. The second kappa shape index (κ2) is 6.16. The second-order valence-corrected chi connectivity index (χ2v) is 4.78. The first-order chi connectivity index (χ1) is 8.70. The molecule has 1 aromatic carbocycles. The van der Waals surface area contributed by atoms with Crippen LogP contribution in [0.5, 0.6) is 0 Å². The number of rotatable bonds is 3. The maximum absolute atomic E-state index is 13.5. The average molecular weight is 272 g/mol. The van der Waals surface area contributed by atoms with Gasteiger partial charge in [0.15, 0.2) is 0 Å². The van der Waals surface area contributed by atoms with Gasteiger partial charge < -0.3 is 9.94 Å². The van der Waals surface area contributed by atoms with Gasteiger partial charge in [0.25, 0.3) is 0 Å². The summed E-state index contributed by atoms with van der Waals surface area (Å²) in [5.41, 5.74) is 1.21. The Labute approximate surface area is 110 Å². The summed E-state index contributed by atoms with van der Waals surface area (Å²) in [6, 6.07) is 4.61. The zero-order valence-electron chi connectivity index (χ0n) is 9.90. The summed E-state index contributed by atoms with van der Waals surface area (Å²) in [5, 5.41) is 12.2. The van der Waals surface area contributed by atoms with Gasteiger partial charge in [0.05, 0.1) is 18.4 Å². The average Bonchev–Trinajstić information content (AvgIpc) is 2.39. The van der Waals surface area contributed by atoms with E-state index in [2.05, 4.69) is 5.16 Å². The number of ether oxygens (including phenoxy) is 1. The molecule has 1 aliphatic carbocycles. The molecule has 0 heterocycles. The molecule has 2 rings (SSSR count). The molecular weight excluding hydrogens is 257 g/mol. The van der Waals surface area contributed by atoms with E-state index < -0.39 is 0 Å². The number of halogens is 2. The molecule has 98 valence electrons. The predicted molar refractivity (Wildman–Crippen MR) is 67.7 cm³/mol. The molecule has 1 N–H and O–H groups in total. The topological polar surface area (TPSA) is 41.8 Å². The van der Waals surface area contributed by atoms with Crippen LogP contribution in [-0.2, 0) is 11.3 Å². The van der Waals surface area contributed by atoms with Crippen molar-refractivity contribution < 1.29 is 14.3 Å². The molecule has 0 saturated heterocycles. The highest BCUT2D eigenvalue weighted by molar-refractivity contribution is 6.31. The molecule has 0 spiro atoms. The number of hydrogen-bond donors (Lipinski definition) is 1. The van der Waals surface area contributed by atoms with Crippen LogP contribution in [0.4, 0.5) is 4.39 Å². The molecule has 5 heteroatoms. The molecule has 0 aliphatic heterocycles. The van der Waals surface area contributed by atoms with Crippen molar-refractivity contribution in [3.63, 3.8) is 0 Å². The number of nitrogens with zero attached hydrogens (tertiary/aromatic N) is 1. The van der Waals surface area contributed by atoms with Crippen molar-refractivity contribution in [1.29, 1.82) is 0 Å². The van der Waals surface area contributed by atoms with Crippen molar-refractivity contribution in [2.45, 2.75) is 38.4 Å². The first-order valence-corrected chi connectivity index (χ1v) is 6.33. The molecule has 0 amide bonds. The third kappa shape index (κ3) is 3.21. The van der Waals surface area contributed by atoms with E-state index in [1.807, 2.05) is 0 Å². The van der Waals surface area contributed by atoms with Crippen LogP contribution in [0.25, 0.3) is 0 Å². The zero-order valence-corrected chi connectivity index (χ0v) is 10.7. The van der Waals surface area contributed by atoms with Gasteiger partial charge in [-0.1, -0.05) is 22.8 Å². The Morgan fingerprint density at radius 1 is 1.39 bits per heavy atom. The molecule has 0 atom stereocenters. The highest BCUT2D eigenvalue weighted by Gasteiger charge is 2.19. The molecule has 18 heavy (non-hydrogen) atoms. The molecule has 1 fully saturated rings. The van der Waals surface area contributed by atoms with Gasteiger partial charge in [-0.2, -0.15) is 0 Å². The van der Waals surface area contributed by atoms with Crippen molar-refractivity contribution in [1.82, 2.24) is 0 Å². The Kier molecular flexibility index (Phi) is 4.55.